The largest absolute Gasteiger partial charge is 0.416 e. The minimum absolute atomic E-state index is 0.104. The molecular weight excluding hydrogens is 429 g/mol. The molecule has 0 N–H and O–H groups in total. The molecule has 0 aliphatic carbocycles. The quantitative estimate of drug-likeness (QED) is 0.476. The van der Waals surface area contributed by atoms with Crippen LogP contribution in [0.2, 0.25) is 0 Å². The van der Waals surface area contributed by atoms with Crippen molar-refractivity contribution < 1.29 is 22.8 Å². The van der Waals surface area contributed by atoms with Gasteiger partial charge in [0.05, 0.1) is 16.8 Å². The number of alkyl halides is 3. The zero-order valence-electron chi connectivity index (χ0n) is 18.3. The van der Waals surface area contributed by atoms with Gasteiger partial charge in [-0.15, -0.1) is 0 Å². The number of anilines is 2. The van der Waals surface area contributed by atoms with Gasteiger partial charge < -0.3 is 4.90 Å². The van der Waals surface area contributed by atoms with Crippen LogP contribution in [-0.4, -0.2) is 18.9 Å². The number of halogens is 3. The lowest BCUT2D eigenvalue weighted by atomic mass is 9.99. The van der Waals surface area contributed by atoms with Gasteiger partial charge in [-0.2, -0.15) is 13.2 Å². The van der Waals surface area contributed by atoms with E-state index in [4.69, 9.17) is 0 Å². The summed E-state index contributed by atoms with van der Waals surface area (Å²) in [5.41, 5.74) is 2.34. The predicted molar refractivity (Wildman–Crippen MR) is 122 cm³/mol. The lowest BCUT2D eigenvalue weighted by molar-refractivity contribution is -0.137. The van der Waals surface area contributed by atoms with Crippen LogP contribution in [0.1, 0.15) is 22.3 Å². The van der Waals surface area contributed by atoms with Gasteiger partial charge in [0, 0.05) is 12.7 Å². The van der Waals surface area contributed by atoms with Crippen LogP contribution in [0, 0.1) is 13.8 Å². The van der Waals surface area contributed by atoms with Gasteiger partial charge in [0.15, 0.2) is 0 Å². The summed E-state index contributed by atoms with van der Waals surface area (Å²) in [7, 11) is 1.66. The fraction of sp³-hybridized carbons (Fsp3) is 0.154. The highest BCUT2D eigenvalue weighted by Crippen LogP contribution is 2.38. The Labute approximate surface area is 189 Å². The van der Waals surface area contributed by atoms with Crippen molar-refractivity contribution in [2.75, 3.05) is 16.8 Å². The second kappa shape index (κ2) is 8.24. The van der Waals surface area contributed by atoms with Gasteiger partial charge in [-0.05, 0) is 60.9 Å². The first-order valence-corrected chi connectivity index (χ1v) is 10.3. The molecule has 1 heterocycles. The molecule has 0 bridgehead atoms. The Hall–Kier alpha value is -3.87. The monoisotopic (exact) mass is 450 g/mol. The zero-order valence-corrected chi connectivity index (χ0v) is 18.3. The van der Waals surface area contributed by atoms with Crippen LogP contribution in [0.3, 0.4) is 0 Å². The van der Waals surface area contributed by atoms with Crippen molar-refractivity contribution in [2.45, 2.75) is 20.0 Å². The maximum absolute atomic E-state index is 13.6. The van der Waals surface area contributed by atoms with Crippen molar-refractivity contribution in [3.63, 3.8) is 0 Å². The number of likely N-dealkylation sites (N-methyl/N-ethyl adjacent to an activating group) is 1. The number of carbonyl (C=O) groups is 2. The molecule has 7 heteroatoms. The van der Waals surface area contributed by atoms with Gasteiger partial charge in [-0.25, -0.2) is 4.90 Å². The van der Waals surface area contributed by atoms with E-state index in [1.807, 2.05) is 32.0 Å². The second-order valence-electron chi connectivity index (χ2n) is 7.91. The Kier molecular flexibility index (Phi) is 5.57. The first-order valence-electron chi connectivity index (χ1n) is 10.3. The molecule has 0 spiro atoms. The summed E-state index contributed by atoms with van der Waals surface area (Å²) in [5, 5.41) is 0. The van der Waals surface area contributed by atoms with Crippen molar-refractivity contribution in [1.29, 1.82) is 0 Å². The highest BCUT2D eigenvalue weighted by molar-refractivity contribution is 6.46. The number of benzene rings is 3. The third-order valence-corrected chi connectivity index (χ3v) is 5.77. The van der Waals surface area contributed by atoms with Crippen molar-refractivity contribution in [1.82, 2.24) is 0 Å². The van der Waals surface area contributed by atoms with Crippen LogP contribution in [0.15, 0.2) is 78.5 Å². The molecule has 3 aromatic rings. The maximum Gasteiger partial charge on any atom is 0.416 e. The van der Waals surface area contributed by atoms with E-state index < -0.39 is 23.6 Å². The minimum atomic E-state index is -4.60. The Morgan fingerprint density at radius 1 is 0.788 bits per heavy atom. The summed E-state index contributed by atoms with van der Waals surface area (Å²) in [6, 6.07) is 18.6. The molecule has 0 fully saturated rings. The van der Waals surface area contributed by atoms with Crippen LogP contribution >= 0.6 is 0 Å². The van der Waals surface area contributed by atoms with Crippen LogP contribution in [-0.2, 0) is 15.8 Å². The van der Waals surface area contributed by atoms with Gasteiger partial charge in [-0.1, -0.05) is 42.5 Å². The number of carbonyl (C=O) groups excluding carboxylic acids is 2. The zero-order chi connectivity index (χ0) is 23.9. The average molecular weight is 450 g/mol. The molecule has 1 aliphatic heterocycles. The smallest absolute Gasteiger partial charge is 0.339 e. The molecule has 0 saturated carbocycles. The first-order chi connectivity index (χ1) is 15.6. The standard InChI is InChI=1S/C26H21F3N2O2/c1-16-12-13-18(14-17(16)2)22-23(30(3)20-9-5-4-6-10-20)25(33)31(24(22)32)21-11-7-8-19(15-21)26(27,28)29/h4-15H,1-3H3. The number of nitrogens with zero attached hydrogens (tertiary/aromatic N) is 2. The van der Waals surface area contributed by atoms with E-state index in [9.17, 15) is 22.8 Å². The third-order valence-electron chi connectivity index (χ3n) is 5.77. The number of amides is 2. The fourth-order valence-electron chi connectivity index (χ4n) is 3.82. The molecule has 0 saturated heterocycles. The topological polar surface area (TPSA) is 40.6 Å². The molecule has 33 heavy (non-hydrogen) atoms. The number of para-hydroxylation sites is 1. The molecule has 0 radical (unpaired) electrons. The van der Waals surface area contributed by atoms with Crippen LogP contribution in [0.25, 0.3) is 5.57 Å². The fourth-order valence-corrected chi connectivity index (χ4v) is 3.82. The number of imide groups is 1. The van der Waals surface area contributed by atoms with E-state index in [1.165, 1.54) is 12.1 Å². The number of hydrogen-bond donors (Lipinski definition) is 0. The molecule has 4 nitrogen and oxygen atoms in total. The second-order valence-corrected chi connectivity index (χ2v) is 7.91. The van der Waals surface area contributed by atoms with Gasteiger partial charge in [-0.3, -0.25) is 9.59 Å². The Morgan fingerprint density at radius 2 is 1.48 bits per heavy atom. The van der Waals surface area contributed by atoms with Gasteiger partial charge in [0.1, 0.15) is 5.70 Å². The number of rotatable bonds is 4. The van der Waals surface area contributed by atoms with Gasteiger partial charge in [0.2, 0.25) is 0 Å². The van der Waals surface area contributed by atoms with Crippen molar-refractivity contribution >= 4 is 28.8 Å². The van der Waals surface area contributed by atoms with Gasteiger partial charge >= 0.3 is 6.18 Å². The van der Waals surface area contributed by atoms with E-state index in [-0.39, 0.29) is 17.0 Å². The van der Waals surface area contributed by atoms with E-state index >= 15 is 0 Å². The van der Waals surface area contributed by atoms with Crippen LogP contribution in [0.5, 0.6) is 0 Å². The van der Waals surface area contributed by atoms with E-state index in [0.29, 0.717) is 11.3 Å². The van der Waals surface area contributed by atoms with E-state index in [1.54, 1.807) is 42.3 Å². The van der Waals surface area contributed by atoms with E-state index in [2.05, 4.69) is 0 Å². The average Bonchev–Trinajstić information content (AvgIpc) is 3.05. The van der Waals surface area contributed by atoms with Gasteiger partial charge in [0.25, 0.3) is 11.8 Å². The SMILES string of the molecule is Cc1ccc(C2=C(N(C)c3ccccc3)C(=O)N(c3cccc(C(F)(F)F)c3)C2=O)cc1C. The van der Waals surface area contributed by atoms with E-state index in [0.717, 1.165) is 28.2 Å². The predicted octanol–water partition coefficient (Wildman–Crippen LogP) is 5.74. The molecule has 0 atom stereocenters. The Bertz CT molecular complexity index is 1280. The molecular formula is C26H21F3N2O2. The molecule has 3 aromatic carbocycles. The van der Waals surface area contributed by atoms with Crippen molar-refractivity contribution in [3.05, 3.63) is 101 Å². The maximum atomic E-state index is 13.6. The Balaban J connectivity index is 1.89. The molecule has 0 aromatic heterocycles. The summed E-state index contributed by atoms with van der Waals surface area (Å²) in [4.78, 5) is 29.5. The lowest BCUT2D eigenvalue weighted by Crippen LogP contribution is -2.34. The summed E-state index contributed by atoms with van der Waals surface area (Å²) < 4.78 is 39.9. The highest BCUT2D eigenvalue weighted by atomic mass is 19.4. The minimum Gasteiger partial charge on any atom is -0.339 e. The lowest BCUT2D eigenvalue weighted by Gasteiger charge is -2.22. The molecule has 0 unspecified atom stereocenters. The summed E-state index contributed by atoms with van der Waals surface area (Å²) in [6.07, 6.45) is -4.60. The summed E-state index contributed by atoms with van der Waals surface area (Å²) in [5.74, 6) is -1.35. The van der Waals surface area contributed by atoms with Crippen molar-refractivity contribution in [2.24, 2.45) is 0 Å². The van der Waals surface area contributed by atoms with Crippen LogP contribution in [0.4, 0.5) is 24.5 Å². The van der Waals surface area contributed by atoms with Crippen molar-refractivity contribution in [3.8, 4) is 0 Å². The summed E-state index contributed by atoms with van der Waals surface area (Å²) in [6.45, 7) is 3.83. The number of aryl methyl sites for hydroxylation is 2. The first kappa shape index (κ1) is 22.3. The molecule has 1 aliphatic rings. The molecule has 168 valence electrons. The molecule has 4 rings (SSSR count). The number of hydrogen-bond acceptors (Lipinski definition) is 3. The highest BCUT2D eigenvalue weighted by Gasteiger charge is 2.43. The van der Waals surface area contributed by atoms with Crippen LogP contribution < -0.4 is 9.80 Å². The molecule has 2 amide bonds. The Morgan fingerprint density at radius 3 is 2.12 bits per heavy atom. The summed E-state index contributed by atoms with van der Waals surface area (Å²) >= 11 is 0. The normalized spacial score (nSPS) is 14.3. The third kappa shape index (κ3) is 4.02.